The van der Waals surface area contributed by atoms with Gasteiger partial charge in [-0.25, -0.2) is 9.18 Å². The number of benzene rings is 1. The van der Waals surface area contributed by atoms with E-state index in [4.69, 9.17) is 9.47 Å². The van der Waals surface area contributed by atoms with Gasteiger partial charge >= 0.3 is 5.97 Å². The first kappa shape index (κ1) is 15.7. The number of esters is 1. The Kier molecular flexibility index (Phi) is 5.56. The molecule has 1 unspecified atom stereocenters. The predicted octanol–water partition coefficient (Wildman–Crippen LogP) is 2.20. The molecule has 19 heavy (non-hydrogen) atoms. The normalized spacial score (nSPS) is 11.9. The van der Waals surface area contributed by atoms with Crippen LogP contribution in [-0.4, -0.2) is 31.9 Å². The van der Waals surface area contributed by atoms with Crippen LogP contribution in [0.1, 0.15) is 18.6 Å². The molecule has 0 heterocycles. The van der Waals surface area contributed by atoms with E-state index in [0.717, 1.165) is 0 Å². The molecule has 0 aliphatic heterocycles. The second-order valence-electron chi connectivity index (χ2n) is 3.48. The van der Waals surface area contributed by atoms with Crippen molar-refractivity contribution in [2.24, 2.45) is 0 Å². The number of carbonyl (C=O) groups is 1. The highest BCUT2D eigenvalue weighted by molar-refractivity contribution is 9.10. The topological polar surface area (TPSA) is 65.0 Å². The second kappa shape index (κ2) is 6.72. The second-order valence-corrected chi connectivity index (χ2v) is 4.33. The van der Waals surface area contributed by atoms with Crippen molar-refractivity contribution in [3.8, 4) is 11.5 Å². The lowest BCUT2D eigenvalue weighted by molar-refractivity contribution is -0.153. The molecular weight excluding hydrogens is 323 g/mol. The van der Waals surface area contributed by atoms with E-state index in [1.165, 1.54) is 20.3 Å². The Morgan fingerprint density at radius 2 is 2.11 bits per heavy atom. The lowest BCUT2D eigenvalue weighted by atomic mass is 10.1. The van der Waals surface area contributed by atoms with Crippen LogP contribution in [0.3, 0.4) is 0 Å². The fourth-order valence-electron chi connectivity index (χ4n) is 1.53. The number of carbonyl (C=O) groups excluding carboxylic acids is 1. The molecule has 1 rings (SSSR count). The van der Waals surface area contributed by atoms with Crippen molar-refractivity contribution in [3.05, 3.63) is 21.9 Å². The molecule has 1 aromatic rings. The Morgan fingerprint density at radius 1 is 1.47 bits per heavy atom. The van der Waals surface area contributed by atoms with Crippen molar-refractivity contribution < 1.29 is 28.5 Å². The van der Waals surface area contributed by atoms with Crippen LogP contribution in [0.5, 0.6) is 11.5 Å². The molecule has 0 spiro atoms. The van der Waals surface area contributed by atoms with Crippen molar-refractivity contribution in [2.45, 2.75) is 13.0 Å². The number of hydrogen-bond donors (Lipinski definition) is 1. The fourth-order valence-corrected chi connectivity index (χ4v) is 2.12. The molecule has 1 atom stereocenters. The zero-order chi connectivity index (χ0) is 14.6. The van der Waals surface area contributed by atoms with E-state index in [9.17, 15) is 14.3 Å². The Labute approximate surface area is 118 Å². The maximum absolute atomic E-state index is 14.2. The van der Waals surface area contributed by atoms with Gasteiger partial charge in [-0.2, -0.15) is 0 Å². The molecule has 0 radical (unpaired) electrons. The van der Waals surface area contributed by atoms with Gasteiger partial charge in [-0.15, -0.1) is 0 Å². The van der Waals surface area contributed by atoms with Crippen molar-refractivity contribution >= 4 is 21.9 Å². The van der Waals surface area contributed by atoms with Crippen LogP contribution in [0.15, 0.2) is 10.5 Å². The number of halogens is 2. The molecule has 0 amide bonds. The van der Waals surface area contributed by atoms with E-state index in [2.05, 4.69) is 20.7 Å². The maximum Gasteiger partial charge on any atom is 0.339 e. The minimum atomic E-state index is -1.74. The summed E-state index contributed by atoms with van der Waals surface area (Å²) in [5, 5.41) is 9.82. The molecule has 106 valence electrons. The molecule has 0 bridgehead atoms. The smallest absolute Gasteiger partial charge is 0.339 e. The monoisotopic (exact) mass is 336 g/mol. The van der Waals surface area contributed by atoms with E-state index >= 15 is 0 Å². The zero-order valence-corrected chi connectivity index (χ0v) is 12.3. The van der Waals surface area contributed by atoms with Gasteiger partial charge in [0.25, 0.3) is 0 Å². The minimum absolute atomic E-state index is 0.0857. The third kappa shape index (κ3) is 3.16. The summed E-state index contributed by atoms with van der Waals surface area (Å²) in [6, 6.07) is 1.40. The zero-order valence-electron chi connectivity index (χ0n) is 10.7. The average Bonchev–Trinajstić information content (AvgIpc) is 2.38. The van der Waals surface area contributed by atoms with E-state index in [-0.39, 0.29) is 28.1 Å². The molecule has 1 aromatic carbocycles. The highest BCUT2D eigenvalue weighted by Gasteiger charge is 2.29. The molecule has 0 saturated heterocycles. The molecule has 0 saturated carbocycles. The summed E-state index contributed by atoms with van der Waals surface area (Å²) in [5.41, 5.74) is -0.254. The van der Waals surface area contributed by atoms with Crippen LogP contribution in [0.2, 0.25) is 0 Å². The first-order valence-electron chi connectivity index (χ1n) is 5.42. The van der Waals surface area contributed by atoms with Crippen LogP contribution in [0, 0.1) is 5.82 Å². The van der Waals surface area contributed by atoms with Gasteiger partial charge in [-0.1, -0.05) is 15.9 Å². The predicted molar refractivity (Wildman–Crippen MR) is 68.8 cm³/mol. The molecule has 0 fully saturated rings. The van der Waals surface area contributed by atoms with Gasteiger partial charge < -0.3 is 19.3 Å². The van der Waals surface area contributed by atoms with Gasteiger partial charge in [0.2, 0.25) is 0 Å². The molecule has 0 aromatic heterocycles. The summed E-state index contributed by atoms with van der Waals surface area (Å²) in [5.74, 6) is -1.86. The summed E-state index contributed by atoms with van der Waals surface area (Å²) in [7, 11) is 2.61. The van der Waals surface area contributed by atoms with E-state index in [1.807, 2.05) is 0 Å². The van der Waals surface area contributed by atoms with Crippen molar-refractivity contribution in [2.75, 3.05) is 20.8 Å². The summed E-state index contributed by atoms with van der Waals surface area (Å²) in [4.78, 5) is 11.5. The Bertz CT molecular complexity index is 478. The van der Waals surface area contributed by atoms with E-state index in [0.29, 0.717) is 0 Å². The highest BCUT2D eigenvalue weighted by atomic mass is 79.9. The standard InChI is InChI=1S/C12H14BrFO5/c1-4-19-12(16)10(15)8-6(13)5-7(17-2)11(18-3)9(8)14/h5,10,15H,4H2,1-3H3. The van der Waals surface area contributed by atoms with Gasteiger partial charge in [-0.3, -0.25) is 0 Å². The molecule has 7 heteroatoms. The largest absolute Gasteiger partial charge is 0.493 e. The summed E-state index contributed by atoms with van der Waals surface area (Å²) < 4.78 is 28.9. The molecule has 5 nitrogen and oxygen atoms in total. The number of methoxy groups -OCH3 is 2. The van der Waals surface area contributed by atoms with Gasteiger partial charge in [0, 0.05) is 10.0 Å². The summed E-state index contributed by atoms with van der Waals surface area (Å²) in [6.07, 6.45) is -1.74. The lowest BCUT2D eigenvalue weighted by Gasteiger charge is -2.16. The SMILES string of the molecule is CCOC(=O)C(O)c1c(Br)cc(OC)c(OC)c1F. The molecular formula is C12H14BrFO5. The first-order chi connectivity index (χ1) is 8.97. The van der Waals surface area contributed by atoms with Crippen LogP contribution in [0.25, 0.3) is 0 Å². The van der Waals surface area contributed by atoms with Gasteiger partial charge in [-0.05, 0) is 13.0 Å². The van der Waals surface area contributed by atoms with E-state index in [1.54, 1.807) is 6.92 Å². The van der Waals surface area contributed by atoms with E-state index < -0.39 is 17.9 Å². The fraction of sp³-hybridized carbons (Fsp3) is 0.417. The van der Waals surface area contributed by atoms with Crippen LogP contribution >= 0.6 is 15.9 Å². The van der Waals surface area contributed by atoms with Crippen molar-refractivity contribution in [1.82, 2.24) is 0 Å². The van der Waals surface area contributed by atoms with Crippen molar-refractivity contribution in [1.29, 1.82) is 0 Å². The van der Waals surface area contributed by atoms with Crippen LogP contribution < -0.4 is 9.47 Å². The Hall–Kier alpha value is -1.34. The summed E-state index contributed by atoms with van der Waals surface area (Å²) in [6.45, 7) is 1.67. The first-order valence-corrected chi connectivity index (χ1v) is 6.21. The average molecular weight is 337 g/mol. The maximum atomic E-state index is 14.2. The number of aliphatic hydroxyl groups is 1. The number of ether oxygens (including phenoxy) is 3. The molecule has 1 N–H and O–H groups in total. The third-order valence-electron chi connectivity index (χ3n) is 2.38. The quantitative estimate of drug-likeness (QED) is 0.835. The van der Waals surface area contributed by atoms with Crippen LogP contribution in [-0.2, 0) is 9.53 Å². The molecule has 0 aliphatic rings. The highest BCUT2D eigenvalue weighted by Crippen LogP contribution is 2.39. The summed E-state index contributed by atoms with van der Waals surface area (Å²) >= 11 is 3.08. The van der Waals surface area contributed by atoms with Gasteiger partial charge in [0.1, 0.15) is 0 Å². The van der Waals surface area contributed by atoms with Crippen LogP contribution in [0.4, 0.5) is 4.39 Å². The lowest BCUT2D eigenvalue weighted by Crippen LogP contribution is -2.17. The van der Waals surface area contributed by atoms with Crippen molar-refractivity contribution in [3.63, 3.8) is 0 Å². The minimum Gasteiger partial charge on any atom is -0.493 e. The Balaban J connectivity index is 3.32. The number of rotatable bonds is 5. The number of aliphatic hydroxyl groups excluding tert-OH is 1. The third-order valence-corrected chi connectivity index (χ3v) is 3.04. The van der Waals surface area contributed by atoms with Gasteiger partial charge in [0.05, 0.1) is 20.8 Å². The Morgan fingerprint density at radius 3 is 2.58 bits per heavy atom. The number of hydrogen-bond acceptors (Lipinski definition) is 5. The molecule has 0 aliphatic carbocycles. The van der Waals surface area contributed by atoms with Gasteiger partial charge in [0.15, 0.2) is 23.4 Å².